The van der Waals surface area contributed by atoms with Crippen molar-refractivity contribution in [2.75, 3.05) is 38.2 Å². The van der Waals surface area contributed by atoms with Gasteiger partial charge in [0.25, 0.3) is 5.91 Å². The minimum absolute atomic E-state index is 0.0123. The second kappa shape index (κ2) is 18.7. The summed E-state index contributed by atoms with van der Waals surface area (Å²) in [4.78, 5) is 47.5. The van der Waals surface area contributed by atoms with Crippen molar-refractivity contribution in [3.63, 3.8) is 0 Å². The second-order valence-corrected chi connectivity index (χ2v) is 14.9. The van der Waals surface area contributed by atoms with Crippen molar-refractivity contribution in [3.05, 3.63) is 0 Å². The van der Waals surface area contributed by atoms with Gasteiger partial charge in [-0.05, 0) is 38.5 Å². The monoisotopic (exact) mass is 623 g/mol. The van der Waals surface area contributed by atoms with Gasteiger partial charge < -0.3 is 32.3 Å². The van der Waals surface area contributed by atoms with Crippen LogP contribution in [0.1, 0.15) is 70.6 Å². The van der Waals surface area contributed by atoms with E-state index in [4.69, 9.17) is 15.4 Å². The molecule has 5 atom stereocenters. The van der Waals surface area contributed by atoms with E-state index in [0.29, 0.717) is 37.6 Å². The molecular weight excluding hydrogens is 577 g/mol. The highest BCUT2D eigenvalue weighted by molar-refractivity contribution is 8.30. The minimum atomic E-state index is -2.77. The van der Waals surface area contributed by atoms with Gasteiger partial charge in [0.05, 0.1) is 24.9 Å². The van der Waals surface area contributed by atoms with E-state index in [0.717, 1.165) is 57.1 Å². The largest absolute Gasteiger partial charge is 0.356 e. The summed E-state index contributed by atoms with van der Waals surface area (Å²) >= 11 is 6.65. The summed E-state index contributed by atoms with van der Waals surface area (Å²) in [5.74, 6) is 0.910. The van der Waals surface area contributed by atoms with E-state index in [2.05, 4.69) is 32.3 Å². The lowest BCUT2D eigenvalue weighted by Gasteiger charge is -2.16. The molecular formula is C25H47N6O6S3+. The number of nitrogens with one attached hydrogen (secondary N) is 5. The van der Waals surface area contributed by atoms with Gasteiger partial charge in [0.1, 0.15) is 8.77 Å². The van der Waals surface area contributed by atoms with Crippen molar-refractivity contribution in [2.24, 2.45) is 0 Å². The molecule has 5 unspecified atom stereocenters. The lowest BCUT2D eigenvalue weighted by molar-refractivity contribution is -0.405. The van der Waals surface area contributed by atoms with Gasteiger partial charge in [-0.25, -0.2) is 9.00 Å². The lowest BCUT2D eigenvalue weighted by atomic mass is 10.0. The number of amides is 5. The zero-order valence-corrected chi connectivity index (χ0v) is 26.0. The Kier molecular flexibility index (Phi) is 16.1. The maximum atomic E-state index is 12.1. The van der Waals surface area contributed by atoms with Crippen LogP contribution in [0.3, 0.4) is 0 Å². The average molecular weight is 624 g/mol. The van der Waals surface area contributed by atoms with E-state index in [9.17, 15) is 23.4 Å². The topological polar surface area (TPSA) is 182 Å². The Morgan fingerprint density at radius 3 is 2.33 bits per heavy atom. The normalized spacial score (nSPS) is 21.9. The number of carbonyl (C=O) groups is 4. The van der Waals surface area contributed by atoms with Crippen molar-refractivity contribution in [1.29, 1.82) is 0 Å². The van der Waals surface area contributed by atoms with Crippen molar-refractivity contribution in [2.45, 2.75) is 94.0 Å². The third-order valence-corrected chi connectivity index (χ3v) is 10.7. The highest BCUT2D eigenvalue weighted by Crippen LogP contribution is 2.33. The van der Waals surface area contributed by atoms with Crippen LogP contribution in [-0.2, 0) is 38.5 Å². The number of hydrogen-bond acceptors (Lipinski definition) is 8. The van der Waals surface area contributed by atoms with Gasteiger partial charge in [-0.1, -0.05) is 12.8 Å². The molecule has 2 rings (SSSR count). The van der Waals surface area contributed by atoms with Gasteiger partial charge >= 0.3 is 6.03 Å². The van der Waals surface area contributed by atoms with Gasteiger partial charge in [-0.15, -0.1) is 0 Å². The van der Waals surface area contributed by atoms with Crippen molar-refractivity contribution >= 4 is 55.5 Å². The van der Waals surface area contributed by atoms with Crippen LogP contribution in [0.15, 0.2) is 0 Å². The molecule has 2 saturated heterocycles. The molecule has 0 aromatic rings. The van der Waals surface area contributed by atoms with Crippen LogP contribution in [0.25, 0.3) is 0 Å². The molecule has 0 saturated carbocycles. The van der Waals surface area contributed by atoms with Crippen molar-refractivity contribution < 1.29 is 33.3 Å². The number of rotatable bonds is 21. The van der Waals surface area contributed by atoms with Crippen LogP contribution < -0.4 is 32.3 Å². The Labute approximate surface area is 247 Å². The number of fused-ring (bicyclic) bond motifs is 1. The maximum absolute atomic E-state index is 12.1. The standard InChI is InChI=1S/C25H46N6O6S3/c1-37-40(36,38)16-15-29-24(34)18(26)9-6-8-14-28-21(32)11-3-2-7-13-27-22(33)12-5-4-10-20-23-19(17-39-20)30-25(35)31-23/h18-20,23H,2-17,26H2,1H3,(H,27,33)(H,28,32)(H,29,34)(H2,30,31,35)/p+1. The summed E-state index contributed by atoms with van der Waals surface area (Å²) < 4.78 is 16.3. The predicted molar refractivity (Wildman–Crippen MR) is 159 cm³/mol. The molecule has 0 aromatic carbocycles. The van der Waals surface area contributed by atoms with Crippen LogP contribution in [-0.4, -0.2) is 89.6 Å². The van der Waals surface area contributed by atoms with Crippen LogP contribution >= 0.6 is 11.8 Å². The van der Waals surface area contributed by atoms with E-state index in [1.54, 1.807) is 0 Å². The second-order valence-electron chi connectivity index (χ2n) is 10.3. The molecule has 0 bridgehead atoms. The van der Waals surface area contributed by atoms with E-state index in [1.165, 1.54) is 7.11 Å². The van der Waals surface area contributed by atoms with Gasteiger partial charge in [-0.2, -0.15) is 11.8 Å². The zero-order valence-electron chi connectivity index (χ0n) is 23.5. The van der Waals surface area contributed by atoms with Gasteiger partial charge in [0, 0.05) is 61.1 Å². The number of hydrogen-bond donors (Lipinski definition) is 6. The smallest absolute Gasteiger partial charge is 0.315 e. The van der Waals surface area contributed by atoms with Crippen molar-refractivity contribution in [1.82, 2.24) is 26.6 Å². The van der Waals surface area contributed by atoms with E-state index in [-0.39, 0.29) is 48.1 Å². The van der Waals surface area contributed by atoms with Gasteiger partial charge in [0.2, 0.25) is 11.8 Å². The molecule has 2 fully saturated rings. The molecule has 230 valence electrons. The summed E-state index contributed by atoms with van der Waals surface area (Å²) in [5, 5.41) is 14.9. The fourth-order valence-corrected chi connectivity index (χ4v) is 6.98. The molecule has 5 amide bonds. The molecule has 0 aromatic heterocycles. The molecule has 40 heavy (non-hydrogen) atoms. The summed E-state index contributed by atoms with van der Waals surface area (Å²) in [6.07, 6.45) is 8.40. The summed E-state index contributed by atoms with van der Waals surface area (Å²) in [7, 11) is -1.48. The maximum Gasteiger partial charge on any atom is 0.315 e. The van der Waals surface area contributed by atoms with Crippen LogP contribution in [0.5, 0.6) is 0 Å². The fourth-order valence-electron chi connectivity index (χ4n) is 4.67. The number of quaternary nitrogens is 1. The molecule has 2 aliphatic heterocycles. The first-order chi connectivity index (χ1) is 19.1. The first-order valence-electron chi connectivity index (χ1n) is 14.2. The lowest BCUT2D eigenvalue weighted by Crippen LogP contribution is -2.67. The minimum Gasteiger partial charge on any atom is -0.356 e. The van der Waals surface area contributed by atoms with Crippen molar-refractivity contribution in [3.8, 4) is 0 Å². The van der Waals surface area contributed by atoms with Gasteiger partial charge in [-0.3, -0.25) is 18.6 Å². The Balaban J connectivity index is 1.36. The third kappa shape index (κ3) is 13.8. The van der Waals surface area contributed by atoms with E-state index >= 15 is 0 Å². The van der Waals surface area contributed by atoms with Gasteiger partial charge in [0.15, 0.2) is 6.04 Å². The number of unbranched alkanes of at least 4 members (excludes halogenated alkanes) is 4. The molecule has 12 nitrogen and oxygen atoms in total. The molecule has 0 aliphatic carbocycles. The van der Waals surface area contributed by atoms with E-state index < -0.39 is 14.8 Å². The quantitative estimate of drug-likeness (QED) is 0.0745. The molecule has 0 radical (unpaired) electrons. The van der Waals surface area contributed by atoms with Crippen LogP contribution in [0.4, 0.5) is 4.79 Å². The Hall–Kier alpha value is -1.68. The van der Waals surface area contributed by atoms with Crippen LogP contribution in [0, 0.1) is 0 Å². The highest BCUT2D eigenvalue weighted by atomic mass is 32.8. The van der Waals surface area contributed by atoms with E-state index in [1.807, 2.05) is 11.8 Å². The molecule has 8 N–H and O–H groups in total. The number of carbonyl (C=O) groups excluding carboxylic acids is 4. The third-order valence-electron chi connectivity index (χ3n) is 7.06. The number of urea groups is 1. The highest BCUT2D eigenvalue weighted by Gasteiger charge is 2.42. The fraction of sp³-hybridized carbons (Fsp3) is 0.840. The first-order valence-corrected chi connectivity index (χ1v) is 17.8. The summed E-state index contributed by atoms with van der Waals surface area (Å²) in [5.41, 5.74) is 3.86. The molecule has 2 aliphatic rings. The van der Waals surface area contributed by atoms with Crippen LogP contribution in [0.2, 0.25) is 0 Å². The predicted octanol–water partition coefficient (Wildman–Crippen LogP) is -0.290. The number of thioether (sulfide) groups is 1. The zero-order chi connectivity index (χ0) is 29.4. The summed E-state index contributed by atoms with van der Waals surface area (Å²) in [6.45, 7) is 1.37. The Morgan fingerprint density at radius 1 is 1.00 bits per heavy atom. The Bertz CT molecular complexity index is 938. The molecule has 2 heterocycles. The summed E-state index contributed by atoms with van der Waals surface area (Å²) in [6, 6.07) is -0.0263. The SMILES string of the molecule is COS(=O)(=S)CCNC(=O)C([NH3+])CCCCNC(=O)CCCCCNC(=O)CCCCC1SCC2NC(=O)NC21. The average Bonchev–Trinajstić information content (AvgIpc) is 3.47. The molecule has 0 spiro atoms. The molecule has 15 heteroatoms. The Morgan fingerprint density at radius 2 is 1.65 bits per heavy atom. The first kappa shape index (κ1) is 34.5.